The van der Waals surface area contributed by atoms with Gasteiger partial charge in [0.15, 0.2) is 0 Å². The lowest BCUT2D eigenvalue weighted by molar-refractivity contribution is -0.139. The first-order valence-electron chi connectivity index (χ1n) is 7.49. The fourth-order valence-corrected chi connectivity index (χ4v) is 3.07. The van der Waals surface area contributed by atoms with Crippen molar-refractivity contribution in [3.05, 3.63) is 65.2 Å². The zero-order chi connectivity index (χ0) is 16.4. The Balaban J connectivity index is 1.95. The lowest BCUT2D eigenvalue weighted by atomic mass is 9.94. The summed E-state index contributed by atoms with van der Waals surface area (Å²) in [7, 11) is 1.61. The second-order valence-corrected chi connectivity index (χ2v) is 5.69. The number of methoxy groups -OCH3 is 1. The van der Waals surface area contributed by atoms with Gasteiger partial charge in [-0.2, -0.15) is 0 Å². The zero-order valence-electron chi connectivity index (χ0n) is 12.8. The lowest BCUT2D eigenvalue weighted by Gasteiger charge is -2.25. The molecule has 2 aromatic rings. The van der Waals surface area contributed by atoms with Gasteiger partial charge in [0.25, 0.3) is 0 Å². The third-order valence-corrected chi connectivity index (χ3v) is 4.25. The number of hydrogen-bond acceptors (Lipinski definition) is 4. The number of benzene rings is 2. The Morgan fingerprint density at radius 2 is 1.91 bits per heavy atom. The number of hydrogen-bond donors (Lipinski definition) is 3. The van der Waals surface area contributed by atoms with Crippen LogP contribution in [0.1, 0.15) is 35.6 Å². The molecule has 0 saturated heterocycles. The summed E-state index contributed by atoms with van der Waals surface area (Å²) in [5, 5.41) is 23.0. The molecule has 3 rings (SSSR count). The van der Waals surface area contributed by atoms with E-state index in [1.807, 2.05) is 48.5 Å². The Labute approximate surface area is 134 Å². The molecule has 1 aliphatic heterocycles. The van der Waals surface area contributed by atoms with Crippen LogP contribution in [0.4, 0.5) is 0 Å². The van der Waals surface area contributed by atoms with Crippen LogP contribution in [0.15, 0.2) is 48.5 Å². The number of carbonyl (C=O) groups is 1. The molecule has 0 amide bonds. The highest BCUT2D eigenvalue weighted by Gasteiger charge is 2.42. The van der Waals surface area contributed by atoms with Crippen molar-refractivity contribution in [2.24, 2.45) is 0 Å². The fraction of sp³-hybridized carbons (Fsp3) is 0.278. The molecule has 23 heavy (non-hydrogen) atoms. The van der Waals surface area contributed by atoms with Crippen LogP contribution in [-0.2, 0) is 10.5 Å². The number of carboxylic acid groups (broad SMARTS) is 1. The number of ether oxygens (including phenoxy) is 1. The van der Waals surface area contributed by atoms with Crippen molar-refractivity contribution in [2.75, 3.05) is 7.11 Å². The molecule has 0 fully saturated rings. The monoisotopic (exact) mass is 313 g/mol. The molecule has 5 heteroatoms. The molecule has 2 aromatic carbocycles. The smallest absolute Gasteiger partial charge is 0.303 e. The first-order chi connectivity index (χ1) is 11.0. The van der Waals surface area contributed by atoms with Crippen LogP contribution in [0.25, 0.3) is 0 Å². The first kappa shape index (κ1) is 15.5. The van der Waals surface area contributed by atoms with Crippen molar-refractivity contribution in [1.82, 2.24) is 5.32 Å². The van der Waals surface area contributed by atoms with Gasteiger partial charge in [0.2, 0.25) is 0 Å². The van der Waals surface area contributed by atoms with Crippen LogP contribution < -0.4 is 10.1 Å². The molecule has 0 spiro atoms. The minimum absolute atomic E-state index is 0.104. The van der Waals surface area contributed by atoms with E-state index >= 15 is 0 Å². The third kappa shape index (κ3) is 2.93. The second kappa shape index (κ2) is 6.02. The molecule has 0 aromatic heterocycles. The van der Waals surface area contributed by atoms with Crippen LogP contribution in [0, 0.1) is 0 Å². The van der Waals surface area contributed by atoms with Crippen LogP contribution >= 0.6 is 0 Å². The SMILES string of the molecule is COc1ccc(C2NC(O)(CCC(=O)O)c3ccccc32)cc1. The summed E-state index contributed by atoms with van der Waals surface area (Å²) in [6, 6.07) is 15.0. The van der Waals surface area contributed by atoms with Crippen molar-refractivity contribution in [2.45, 2.75) is 24.6 Å². The number of aliphatic carboxylic acids is 1. The molecule has 120 valence electrons. The number of fused-ring (bicyclic) bond motifs is 1. The average Bonchev–Trinajstić information content (AvgIpc) is 2.87. The minimum Gasteiger partial charge on any atom is -0.497 e. The second-order valence-electron chi connectivity index (χ2n) is 5.69. The van der Waals surface area contributed by atoms with Crippen LogP contribution in [0.3, 0.4) is 0 Å². The minimum atomic E-state index is -1.33. The molecular weight excluding hydrogens is 294 g/mol. The van der Waals surface area contributed by atoms with E-state index in [4.69, 9.17) is 9.84 Å². The van der Waals surface area contributed by atoms with Crippen LogP contribution in [-0.4, -0.2) is 23.3 Å². The van der Waals surface area contributed by atoms with E-state index < -0.39 is 11.7 Å². The quantitative estimate of drug-likeness (QED) is 0.790. The maximum Gasteiger partial charge on any atom is 0.303 e. The number of aliphatic hydroxyl groups is 1. The van der Waals surface area contributed by atoms with E-state index in [-0.39, 0.29) is 18.9 Å². The predicted octanol–water partition coefficient (Wildman–Crippen LogP) is 2.40. The summed E-state index contributed by atoms with van der Waals surface area (Å²) in [6.07, 6.45) is 0.0131. The standard InChI is InChI=1S/C18H19NO4/c1-23-13-8-6-12(7-9-13)17-14-4-2-3-5-15(14)18(22,19-17)11-10-16(20)21/h2-9,17,19,22H,10-11H2,1H3,(H,20,21). The van der Waals surface area contributed by atoms with Crippen molar-refractivity contribution >= 4 is 5.97 Å². The highest BCUT2D eigenvalue weighted by Crippen LogP contribution is 2.41. The van der Waals surface area contributed by atoms with E-state index in [0.717, 1.165) is 22.4 Å². The maximum atomic E-state index is 10.9. The molecule has 0 radical (unpaired) electrons. The summed E-state index contributed by atoms with van der Waals surface area (Å²) >= 11 is 0. The zero-order valence-corrected chi connectivity index (χ0v) is 12.8. The van der Waals surface area contributed by atoms with Gasteiger partial charge in [0.1, 0.15) is 11.5 Å². The van der Waals surface area contributed by atoms with E-state index in [9.17, 15) is 9.90 Å². The molecule has 5 nitrogen and oxygen atoms in total. The molecule has 0 bridgehead atoms. The van der Waals surface area contributed by atoms with E-state index in [1.165, 1.54) is 0 Å². The largest absolute Gasteiger partial charge is 0.497 e. The van der Waals surface area contributed by atoms with Crippen LogP contribution in [0.5, 0.6) is 5.75 Å². The van der Waals surface area contributed by atoms with Gasteiger partial charge in [-0.1, -0.05) is 36.4 Å². The predicted molar refractivity (Wildman–Crippen MR) is 85.2 cm³/mol. The molecule has 1 aliphatic rings. The Morgan fingerprint density at radius 1 is 1.22 bits per heavy atom. The van der Waals surface area contributed by atoms with Crippen LogP contribution in [0.2, 0.25) is 0 Å². The van der Waals surface area contributed by atoms with Crippen molar-refractivity contribution < 1.29 is 19.7 Å². The van der Waals surface area contributed by atoms with Crippen molar-refractivity contribution in [3.63, 3.8) is 0 Å². The highest BCUT2D eigenvalue weighted by molar-refractivity contribution is 5.67. The van der Waals surface area contributed by atoms with Gasteiger partial charge >= 0.3 is 5.97 Å². The molecule has 2 unspecified atom stereocenters. The number of carboxylic acids is 1. The summed E-state index contributed by atoms with van der Waals surface area (Å²) in [6.45, 7) is 0. The molecule has 0 saturated carbocycles. The van der Waals surface area contributed by atoms with Crippen molar-refractivity contribution in [1.29, 1.82) is 0 Å². The number of nitrogens with one attached hydrogen (secondary N) is 1. The molecule has 0 aliphatic carbocycles. The highest BCUT2D eigenvalue weighted by atomic mass is 16.5. The van der Waals surface area contributed by atoms with E-state index in [1.54, 1.807) is 7.11 Å². The first-order valence-corrected chi connectivity index (χ1v) is 7.49. The average molecular weight is 313 g/mol. The summed E-state index contributed by atoms with van der Waals surface area (Å²) in [4.78, 5) is 10.9. The fourth-order valence-electron chi connectivity index (χ4n) is 3.07. The Hall–Kier alpha value is -2.37. The molecule has 1 heterocycles. The summed E-state index contributed by atoms with van der Waals surface area (Å²) in [5.41, 5.74) is 1.36. The summed E-state index contributed by atoms with van der Waals surface area (Å²) < 4.78 is 5.17. The topological polar surface area (TPSA) is 78.8 Å². The van der Waals surface area contributed by atoms with Gasteiger partial charge < -0.3 is 14.9 Å². The molecular formula is C18H19NO4. The summed E-state index contributed by atoms with van der Waals surface area (Å²) in [5.74, 6) is -0.160. The van der Waals surface area contributed by atoms with Gasteiger partial charge in [-0.3, -0.25) is 10.1 Å². The van der Waals surface area contributed by atoms with E-state index in [2.05, 4.69) is 5.32 Å². The van der Waals surface area contributed by atoms with Gasteiger partial charge in [-0.05, 0) is 23.3 Å². The molecule has 2 atom stereocenters. The maximum absolute atomic E-state index is 10.9. The van der Waals surface area contributed by atoms with Gasteiger partial charge in [0.05, 0.1) is 13.2 Å². The normalized spacial score (nSPS) is 22.6. The lowest BCUT2D eigenvalue weighted by Crippen LogP contribution is -2.38. The number of rotatable bonds is 5. The Morgan fingerprint density at radius 3 is 2.57 bits per heavy atom. The van der Waals surface area contributed by atoms with Crippen molar-refractivity contribution in [3.8, 4) is 5.75 Å². The Bertz CT molecular complexity index is 713. The van der Waals surface area contributed by atoms with Gasteiger partial charge in [-0.25, -0.2) is 0 Å². The molecule has 3 N–H and O–H groups in total. The van der Waals surface area contributed by atoms with Gasteiger partial charge in [-0.15, -0.1) is 0 Å². The third-order valence-electron chi connectivity index (χ3n) is 4.25. The van der Waals surface area contributed by atoms with E-state index in [0.29, 0.717) is 0 Å². The van der Waals surface area contributed by atoms with Gasteiger partial charge in [0, 0.05) is 18.4 Å². The Kier molecular flexibility index (Phi) is 4.07.